The monoisotopic (exact) mass is 429 g/mol. The number of nitrogens with zero attached hydrogens (tertiary/aromatic N) is 1. The first-order valence-electron chi connectivity index (χ1n) is 10.1. The highest BCUT2D eigenvalue weighted by atomic mass is 35.5. The van der Waals surface area contributed by atoms with E-state index in [9.17, 15) is 14.4 Å². The second-order valence-corrected chi connectivity index (χ2v) is 8.50. The van der Waals surface area contributed by atoms with Crippen LogP contribution in [0.3, 0.4) is 0 Å². The summed E-state index contributed by atoms with van der Waals surface area (Å²) in [4.78, 5) is 44.8. The molecule has 1 heterocycles. The molecule has 3 aromatic rings. The van der Waals surface area contributed by atoms with Gasteiger partial charge < -0.3 is 4.84 Å². The van der Waals surface area contributed by atoms with Gasteiger partial charge in [-0.1, -0.05) is 72.3 Å². The third-order valence-corrected chi connectivity index (χ3v) is 7.01. The maximum atomic E-state index is 13.4. The number of hydrogen-bond donors (Lipinski definition) is 0. The number of imide groups is 1. The number of carbonyl (C=O) groups excluding carboxylic acids is 3. The maximum Gasteiger partial charge on any atom is 0.365 e. The van der Waals surface area contributed by atoms with E-state index < -0.39 is 29.6 Å². The van der Waals surface area contributed by atoms with E-state index in [-0.39, 0.29) is 22.4 Å². The van der Waals surface area contributed by atoms with Crippen molar-refractivity contribution in [2.75, 3.05) is 0 Å². The Morgan fingerprint density at radius 1 is 0.710 bits per heavy atom. The standard InChI is InChI=1S/C25H16ClNO4/c26-18-12-6-5-11-17(18)25(30)31-27-23(28)21-19-13-7-1-2-8-14(13)20(22(21)24(27)29)16-10-4-3-9-15(16)19/h1-12,19-22H/t19?,20?,21-,22+. The third kappa shape index (κ3) is 2.41. The minimum absolute atomic E-state index is 0.106. The van der Waals surface area contributed by atoms with Crippen LogP contribution in [0.2, 0.25) is 5.02 Å². The van der Waals surface area contributed by atoms with Crippen LogP contribution in [-0.4, -0.2) is 22.8 Å². The molecule has 0 unspecified atom stereocenters. The van der Waals surface area contributed by atoms with Gasteiger partial charge in [0.05, 0.1) is 22.4 Å². The van der Waals surface area contributed by atoms with Crippen LogP contribution in [0, 0.1) is 11.8 Å². The molecule has 2 amide bonds. The van der Waals surface area contributed by atoms with Crippen molar-refractivity contribution >= 4 is 29.4 Å². The van der Waals surface area contributed by atoms with Gasteiger partial charge in [0.1, 0.15) is 0 Å². The van der Waals surface area contributed by atoms with Crippen molar-refractivity contribution in [3.8, 4) is 0 Å². The lowest BCUT2D eigenvalue weighted by molar-refractivity contribution is -0.174. The smallest absolute Gasteiger partial charge is 0.325 e. The van der Waals surface area contributed by atoms with Crippen LogP contribution >= 0.6 is 11.6 Å². The third-order valence-electron chi connectivity index (χ3n) is 6.68. The molecule has 6 heteroatoms. The highest BCUT2D eigenvalue weighted by Crippen LogP contribution is 2.60. The van der Waals surface area contributed by atoms with Gasteiger partial charge >= 0.3 is 5.97 Å². The molecule has 0 radical (unpaired) electrons. The number of hydroxylamine groups is 2. The van der Waals surface area contributed by atoms with Crippen LogP contribution in [-0.2, 0) is 14.4 Å². The largest absolute Gasteiger partial charge is 0.365 e. The molecule has 7 rings (SSSR count). The van der Waals surface area contributed by atoms with Gasteiger partial charge in [0.25, 0.3) is 11.8 Å². The topological polar surface area (TPSA) is 63.7 Å². The Morgan fingerprint density at radius 2 is 1.13 bits per heavy atom. The van der Waals surface area contributed by atoms with Gasteiger partial charge in [-0.25, -0.2) is 4.79 Å². The van der Waals surface area contributed by atoms with E-state index in [0.29, 0.717) is 5.06 Å². The SMILES string of the molecule is O=C(ON1C(=O)[C@@H]2C3c4ccccc4C(c4ccccc43)[C@@H]2C1=O)c1ccccc1Cl. The molecule has 0 aromatic heterocycles. The Morgan fingerprint density at radius 3 is 1.58 bits per heavy atom. The van der Waals surface area contributed by atoms with Crippen LogP contribution in [0.25, 0.3) is 0 Å². The minimum atomic E-state index is -0.826. The highest BCUT2D eigenvalue weighted by Gasteiger charge is 2.62. The lowest BCUT2D eigenvalue weighted by atomic mass is 9.55. The summed E-state index contributed by atoms with van der Waals surface area (Å²) in [5.41, 5.74) is 4.36. The number of benzene rings is 3. The lowest BCUT2D eigenvalue weighted by Gasteiger charge is -2.45. The van der Waals surface area contributed by atoms with E-state index in [1.54, 1.807) is 18.2 Å². The number of halogens is 1. The summed E-state index contributed by atoms with van der Waals surface area (Å²) in [6, 6.07) is 22.3. The first-order chi connectivity index (χ1) is 15.1. The molecular formula is C25H16ClNO4. The van der Waals surface area contributed by atoms with E-state index in [4.69, 9.17) is 16.4 Å². The van der Waals surface area contributed by atoms with Gasteiger partial charge in [-0.15, -0.1) is 5.06 Å². The molecule has 0 spiro atoms. The molecule has 2 bridgehead atoms. The molecule has 2 atom stereocenters. The van der Waals surface area contributed by atoms with Crippen molar-refractivity contribution < 1.29 is 19.2 Å². The number of amides is 2. The van der Waals surface area contributed by atoms with E-state index in [0.717, 1.165) is 22.3 Å². The fourth-order valence-electron chi connectivity index (χ4n) is 5.50. The summed E-state index contributed by atoms with van der Waals surface area (Å²) in [6.45, 7) is 0. The molecule has 1 aliphatic heterocycles. The van der Waals surface area contributed by atoms with Gasteiger partial charge in [-0.2, -0.15) is 0 Å². The van der Waals surface area contributed by atoms with E-state index in [1.807, 2.05) is 48.5 Å². The van der Waals surface area contributed by atoms with Gasteiger partial charge in [-0.05, 0) is 34.4 Å². The predicted octanol–water partition coefficient (Wildman–Crippen LogP) is 4.30. The Labute approximate surface area is 183 Å². The summed E-state index contributed by atoms with van der Waals surface area (Å²) in [6.07, 6.45) is 0. The first-order valence-corrected chi connectivity index (χ1v) is 10.5. The predicted molar refractivity (Wildman–Crippen MR) is 112 cm³/mol. The van der Waals surface area contributed by atoms with E-state index in [2.05, 4.69) is 0 Å². The number of carbonyl (C=O) groups is 3. The summed E-state index contributed by atoms with van der Waals surface area (Å²) in [7, 11) is 0. The molecule has 0 N–H and O–H groups in total. The number of hydrogen-bond acceptors (Lipinski definition) is 4. The second-order valence-electron chi connectivity index (χ2n) is 8.09. The highest BCUT2D eigenvalue weighted by molar-refractivity contribution is 6.33. The minimum Gasteiger partial charge on any atom is -0.325 e. The van der Waals surface area contributed by atoms with Crippen molar-refractivity contribution in [1.29, 1.82) is 0 Å². The Balaban J connectivity index is 1.43. The molecule has 3 aliphatic carbocycles. The first kappa shape index (κ1) is 18.3. The zero-order valence-electron chi connectivity index (χ0n) is 16.2. The Kier molecular flexibility index (Phi) is 3.86. The van der Waals surface area contributed by atoms with Crippen molar-refractivity contribution in [1.82, 2.24) is 5.06 Å². The van der Waals surface area contributed by atoms with Crippen LogP contribution in [0.15, 0.2) is 72.8 Å². The fourth-order valence-corrected chi connectivity index (χ4v) is 5.71. The molecule has 4 aliphatic rings. The molecule has 5 nitrogen and oxygen atoms in total. The van der Waals surface area contributed by atoms with Gasteiger partial charge in [-0.3, -0.25) is 9.59 Å². The average Bonchev–Trinajstić information content (AvgIpc) is 3.05. The van der Waals surface area contributed by atoms with Gasteiger partial charge in [0.15, 0.2) is 0 Å². The normalized spacial score (nSPS) is 25.1. The quantitative estimate of drug-likeness (QED) is 0.570. The van der Waals surface area contributed by atoms with Crippen LogP contribution in [0.5, 0.6) is 0 Å². The van der Waals surface area contributed by atoms with E-state index >= 15 is 0 Å². The molecule has 1 fully saturated rings. The van der Waals surface area contributed by atoms with Crippen molar-refractivity contribution in [3.05, 3.63) is 106 Å². The molecule has 1 saturated heterocycles. The number of rotatable bonds is 2. The maximum absolute atomic E-state index is 13.4. The Bertz CT molecular complexity index is 1170. The molecule has 152 valence electrons. The average molecular weight is 430 g/mol. The van der Waals surface area contributed by atoms with E-state index in [1.165, 1.54) is 6.07 Å². The summed E-state index contributed by atoms with van der Waals surface area (Å²) < 4.78 is 0. The molecular weight excluding hydrogens is 414 g/mol. The van der Waals surface area contributed by atoms with Crippen LogP contribution < -0.4 is 0 Å². The summed E-state index contributed by atoms with van der Waals surface area (Å²) in [5, 5.41) is 0.863. The van der Waals surface area contributed by atoms with Crippen molar-refractivity contribution in [2.24, 2.45) is 11.8 Å². The summed E-state index contributed by atoms with van der Waals surface area (Å²) >= 11 is 6.09. The Hall–Kier alpha value is -3.44. The molecule has 31 heavy (non-hydrogen) atoms. The summed E-state index contributed by atoms with van der Waals surface area (Å²) in [5.74, 6) is -3.47. The van der Waals surface area contributed by atoms with Crippen molar-refractivity contribution in [2.45, 2.75) is 11.8 Å². The molecule has 0 saturated carbocycles. The van der Waals surface area contributed by atoms with Crippen LogP contribution in [0.4, 0.5) is 0 Å². The molecule has 3 aromatic carbocycles. The zero-order chi connectivity index (χ0) is 21.3. The fraction of sp³-hybridized carbons (Fsp3) is 0.160. The zero-order valence-corrected chi connectivity index (χ0v) is 17.0. The van der Waals surface area contributed by atoms with Gasteiger partial charge in [0.2, 0.25) is 0 Å². The second kappa shape index (κ2) is 6.53. The van der Waals surface area contributed by atoms with Gasteiger partial charge in [0, 0.05) is 11.8 Å². The van der Waals surface area contributed by atoms with Crippen LogP contribution in [0.1, 0.15) is 44.4 Å². The van der Waals surface area contributed by atoms with Crippen molar-refractivity contribution in [3.63, 3.8) is 0 Å². The lowest BCUT2D eigenvalue weighted by Crippen LogP contribution is -2.41.